The number of unbranched alkanes of at least 4 members (excludes halogenated alkanes) is 5. The van der Waals surface area contributed by atoms with E-state index in [2.05, 4.69) is 6.92 Å². The Labute approximate surface area is 155 Å². The van der Waals surface area contributed by atoms with Gasteiger partial charge in [0.1, 0.15) is 22.1 Å². The van der Waals surface area contributed by atoms with Crippen molar-refractivity contribution in [3.05, 3.63) is 48.0 Å². The lowest BCUT2D eigenvalue weighted by molar-refractivity contribution is 0.440. The molecule has 2 rings (SSSR count). The van der Waals surface area contributed by atoms with Crippen molar-refractivity contribution >= 4 is 10.1 Å². The van der Waals surface area contributed by atoms with Gasteiger partial charge in [-0.2, -0.15) is 8.42 Å². The summed E-state index contributed by atoms with van der Waals surface area (Å²) < 4.78 is 38.9. The molecule has 6 heteroatoms. The Morgan fingerprint density at radius 1 is 0.962 bits per heavy atom. The first-order valence-corrected chi connectivity index (χ1v) is 10.4. The Morgan fingerprint density at radius 2 is 1.62 bits per heavy atom. The average Bonchev–Trinajstić information content (AvgIpc) is 2.59. The van der Waals surface area contributed by atoms with Crippen molar-refractivity contribution in [3.63, 3.8) is 0 Å². The minimum absolute atomic E-state index is 0.248. The summed E-state index contributed by atoms with van der Waals surface area (Å²) in [5.74, 6) is 0.510. The number of ether oxygens (including phenoxy) is 1. The molecule has 0 amide bonds. The summed E-state index contributed by atoms with van der Waals surface area (Å²) in [7, 11) is -4.46. The number of phenols is 1. The molecule has 0 saturated carbocycles. The third-order valence-corrected chi connectivity index (χ3v) is 5.10. The molecule has 0 aliphatic rings. The van der Waals surface area contributed by atoms with Crippen molar-refractivity contribution in [1.29, 1.82) is 0 Å². The molecule has 142 valence electrons. The van der Waals surface area contributed by atoms with E-state index in [0.717, 1.165) is 31.7 Å². The summed E-state index contributed by atoms with van der Waals surface area (Å²) in [6.07, 6.45) is 6.80. The lowest BCUT2D eigenvalue weighted by atomic mass is 10.0. The Hall–Kier alpha value is -2.05. The van der Waals surface area contributed by atoms with Gasteiger partial charge in [0, 0.05) is 17.7 Å². The minimum Gasteiger partial charge on any atom is -0.508 e. The first-order valence-electron chi connectivity index (χ1n) is 8.98. The van der Waals surface area contributed by atoms with Crippen LogP contribution in [0.4, 0.5) is 0 Å². The van der Waals surface area contributed by atoms with Gasteiger partial charge in [-0.3, -0.25) is 4.55 Å². The van der Waals surface area contributed by atoms with Crippen LogP contribution in [0.1, 0.15) is 51.0 Å². The molecule has 0 aliphatic heterocycles. The van der Waals surface area contributed by atoms with E-state index in [9.17, 15) is 18.1 Å². The zero-order valence-electron chi connectivity index (χ0n) is 15.0. The van der Waals surface area contributed by atoms with E-state index in [4.69, 9.17) is 4.74 Å². The van der Waals surface area contributed by atoms with Crippen LogP contribution in [0.15, 0.2) is 47.4 Å². The van der Waals surface area contributed by atoms with E-state index in [-0.39, 0.29) is 16.4 Å². The smallest absolute Gasteiger partial charge is 0.295 e. The number of phenolic OH excluding ortho intramolecular Hbond substituents is 1. The molecule has 26 heavy (non-hydrogen) atoms. The van der Waals surface area contributed by atoms with E-state index in [0.29, 0.717) is 17.7 Å². The molecule has 0 aliphatic carbocycles. The van der Waals surface area contributed by atoms with Gasteiger partial charge in [-0.05, 0) is 25.0 Å². The molecule has 0 unspecified atom stereocenters. The summed E-state index contributed by atoms with van der Waals surface area (Å²) >= 11 is 0. The summed E-state index contributed by atoms with van der Waals surface area (Å²) in [6.45, 7) is 2.15. The molecule has 0 fully saturated rings. The monoisotopic (exact) mass is 378 g/mol. The molecular weight excluding hydrogens is 352 g/mol. The van der Waals surface area contributed by atoms with Crippen molar-refractivity contribution in [2.45, 2.75) is 56.8 Å². The molecule has 0 aromatic heterocycles. The maximum Gasteiger partial charge on any atom is 0.295 e. The predicted molar refractivity (Wildman–Crippen MR) is 102 cm³/mol. The Bertz CT molecular complexity index is 800. The second kappa shape index (κ2) is 9.59. The van der Waals surface area contributed by atoms with Crippen molar-refractivity contribution in [3.8, 4) is 17.2 Å². The molecule has 0 spiro atoms. The second-order valence-corrected chi connectivity index (χ2v) is 7.72. The molecule has 0 atom stereocenters. The van der Waals surface area contributed by atoms with E-state index in [1.807, 2.05) is 6.07 Å². The van der Waals surface area contributed by atoms with Gasteiger partial charge in [0.2, 0.25) is 0 Å². The standard InChI is InChI=1S/C20H26O5S/c1-2-3-4-5-6-10-13-18-19(25-17-11-8-7-9-12-17)14-16(21)15-20(18)26(22,23)24/h7-9,11-12,14-15,21H,2-6,10,13H2,1H3,(H,22,23,24). The van der Waals surface area contributed by atoms with Crippen molar-refractivity contribution in [1.82, 2.24) is 0 Å². The SMILES string of the molecule is CCCCCCCCc1c(Oc2ccccc2)cc(O)cc1S(=O)(=O)O. The zero-order valence-corrected chi connectivity index (χ0v) is 15.8. The van der Waals surface area contributed by atoms with E-state index in [1.54, 1.807) is 24.3 Å². The minimum atomic E-state index is -4.46. The fourth-order valence-electron chi connectivity index (χ4n) is 2.87. The molecule has 0 saturated heterocycles. The van der Waals surface area contributed by atoms with Crippen LogP contribution in [-0.2, 0) is 16.5 Å². The second-order valence-electron chi connectivity index (χ2n) is 6.33. The highest BCUT2D eigenvalue weighted by Crippen LogP contribution is 2.35. The van der Waals surface area contributed by atoms with Gasteiger partial charge >= 0.3 is 0 Å². The maximum absolute atomic E-state index is 11.8. The number of hydrogen-bond acceptors (Lipinski definition) is 4. The number of rotatable bonds is 10. The number of hydrogen-bond donors (Lipinski definition) is 2. The van der Waals surface area contributed by atoms with Crippen LogP contribution in [0, 0.1) is 0 Å². The summed E-state index contributed by atoms with van der Waals surface area (Å²) in [6, 6.07) is 11.4. The predicted octanol–water partition coefficient (Wildman–Crippen LogP) is 5.33. The molecule has 5 nitrogen and oxygen atoms in total. The summed E-state index contributed by atoms with van der Waals surface area (Å²) in [5.41, 5.74) is 0.393. The molecule has 0 radical (unpaired) electrons. The quantitative estimate of drug-likeness (QED) is 0.431. The van der Waals surface area contributed by atoms with E-state index >= 15 is 0 Å². The Morgan fingerprint density at radius 3 is 2.27 bits per heavy atom. The van der Waals surface area contributed by atoms with E-state index < -0.39 is 10.1 Å². The highest BCUT2D eigenvalue weighted by atomic mass is 32.2. The van der Waals surface area contributed by atoms with Crippen molar-refractivity contribution in [2.75, 3.05) is 0 Å². The Kier molecular flexibility index (Phi) is 7.48. The first kappa shape index (κ1) is 20.3. The molecular formula is C20H26O5S. The van der Waals surface area contributed by atoms with Crippen LogP contribution in [-0.4, -0.2) is 18.1 Å². The zero-order chi connectivity index (χ0) is 19.0. The van der Waals surface area contributed by atoms with Gasteiger partial charge in [0.05, 0.1) is 0 Å². The van der Waals surface area contributed by atoms with Gasteiger partial charge < -0.3 is 9.84 Å². The fraction of sp³-hybridized carbons (Fsp3) is 0.400. The molecule has 0 bridgehead atoms. The van der Waals surface area contributed by atoms with Gasteiger partial charge in [-0.15, -0.1) is 0 Å². The van der Waals surface area contributed by atoms with Crippen molar-refractivity contribution < 1.29 is 22.8 Å². The molecule has 2 aromatic carbocycles. The van der Waals surface area contributed by atoms with Gasteiger partial charge in [-0.1, -0.05) is 57.2 Å². The number of aromatic hydroxyl groups is 1. The van der Waals surface area contributed by atoms with Gasteiger partial charge in [0.25, 0.3) is 10.1 Å². The fourth-order valence-corrected chi connectivity index (χ4v) is 3.65. The topological polar surface area (TPSA) is 83.8 Å². The average molecular weight is 378 g/mol. The number of para-hydroxylation sites is 1. The van der Waals surface area contributed by atoms with Crippen LogP contribution in [0.25, 0.3) is 0 Å². The third kappa shape index (κ3) is 6.04. The summed E-state index contributed by atoms with van der Waals surface area (Å²) in [5, 5.41) is 9.87. The first-order chi connectivity index (χ1) is 12.4. The molecule has 0 heterocycles. The van der Waals surface area contributed by atoms with Gasteiger partial charge in [0.15, 0.2) is 0 Å². The number of benzene rings is 2. The third-order valence-electron chi connectivity index (χ3n) is 4.18. The largest absolute Gasteiger partial charge is 0.508 e. The molecule has 2 aromatic rings. The molecule has 2 N–H and O–H groups in total. The van der Waals surface area contributed by atoms with Crippen LogP contribution in [0.5, 0.6) is 17.2 Å². The highest BCUT2D eigenvalue weighted by Gasteiger charge is 2.21. The lowest BCUT2D eigenvalue weighted by Crippen LogP contribution is -2.05. The lowest BCUT2D eigenvalue weighted by Gasteiger charge is -2.15. The van der Waals surface area contributed by atoms with Crippen molar-refractivity contribution in [2.24, 2.45) is 0 Å². The van der Waals surface area contributed by atoms with Gasteiger partial charge in [-0.25, -0.2) is 0 Å². The normalized spacial score (nSPS) is 11.5. The highest BCUT2D eigenvalue weighted by molar-refractivity contribution is 7.85. The van der Waals surface area contributed by atoms with E-state index in [1.165, 1.54) is 18.9 Å². The Balaban J connectivity index is 2.26. The van der Waals surface area contributed by atoms with Crippen LogP contribution in [0.3, 0.4) is 0 Å². The van der Waals surface area contributed by atoms with Crippen LogP contribution >= 0.6 is 0 Å². The van der Waals surface area contributed by atoms with Crippen LogP contribution in [0.2, 0.25) is 0 Å². The summed E-state index contributed by atoms with van der Waals surface area (Å²) in [4.78, 5) is -0.294. The maximum atomic E-state index is 11.8. The van der Waals surface area contributed by atoms with Crippen LogP contribution < -0.4 is 4.74 Å².